The molecule has 10 nitrogen and oxygen atoms in total. The minimum absolute atomic E-state index is 0.113. The molecular weight excluding hydrogens is 623 g/mol. The Kier molecular flexibility index (Phi) is 7.97. The van der Waals surface area contributed by atoms with Gasteiger partial charge < -0.3 is 9.80 Å². The molecule has 1 amide bonds. The molecule has 1 aliphatic rings. The number of alkyl halides is 3. The Morgan fingerprint density at radius 2 is 1.82 bits per heavy atom. The zero-order valence-corrected chi connectivity index (χ0v) is 24.9. The molecule has 1 atom stereocenters. The highest BCUT2D eigenvalue weighted by molar-refractivity contribution is 7.90. The maximum absolute atomic E-state index is 15.9. The number of aromatic nitrogens is 4. The molecule has 0 saturated carbocycles. The van der Waals surface area contributed by atoms with Gasteiger partial charge in [-0.3, -0.25) is 4.79 Å². The van der Waals surface area contributed by atoms with Crippen LogP contribution in [0.25, 0.3) is 28.0 Å². The second kappa shape index (κ2) is 11.3. The van der Waals surface area contributed by atoms with Gasteiger partial charge in [-0.1, -0.05) is 12.6 Å². The number of hydrogen-bond acceptors (Lipinski definition) is 8. The van der Waals surface area contributed by atoms with Crippen molar-refractivity contribution in [2.75, 3.05) is 30.8 Å². The predicted molar refractivity (Wildman–Crippen MR) is 155 cm³/mol. The van der Waals surface area contributed by atoms with Gasteiger partial charge in [0.1, 0.15) is 17.3 Å². The van der Waals surface area contributed by atoms with Crippen LogP contribution in [0.5, 0.6) is 0 Å². The van der Waals surface area contributed by atoms with Gasteiger partial charge in [-0.2, -0.15) is 18.2 Å². The lowest BCUT2D eigenvalue weighted by Crippen LogP contribution is -2.54. The number of pyridine rings is 2. The number of carbonyl (C=O) groups excluding carboxylic acids is 1. The average molecular weight is 649 g/mol. The minimum Gasteiger partial charge on any atom is -0.350 e. The van der Waals surface area contributed by atoms with Crippen molar-refractivity contribution in [3.8, 4) is 16.9 Å². The van der Waals surface area contributed by atoms with Gasteiger partial charge in [0.05, 0.1) is 22.2 Å². The van der Waals surface area contributed by atoms with Crippen LogP contribution < -0.4 is 10.6 Å². The largest absolute Gasteiger partial charge is 0.417 e. The lowest BCUT2D eigenvalue weighted by atomic mass is 10.0. The normalized spacial score (nSPS) is 15.9. The lowest BCUT2D eigenvalue weighted by Gasteiger charge is -2.40. The molecule has 1 saturated heterocycles. The molecule has 0 unspecified atom stereocenters. The van der Waals surface area contributed by atoms with Crippen molar-refractivity contribution in [2.45, 2.75) is 31.1 Å². The van der Waals surface area contributed by atoms with Crippen molar-refractivity contribution in [2.24, 2.45) is 0 Å². The van der Waals surface area contributed by atoms with Crippen LogP contribution in [0.4, 0.5) is 27.8 Å². The number of aryl methyl sites for hydroxylation is 1. The highest BCUT2D eigenvalue weighted by Crippen LogP contribution is 2.40. The van der Waals surface area contributed by atoms with E-state index in [1.807, 2.05) is 0 Å². The van der Waals surface area contributed by atoms with Gasteiger partial charge in [0.2, 0.25) is 5.91 Å². The summed E-state index contributed by atoms with van der Waals surface area (Å²) in [4.78, 5) is 41.3. The fourth-order valence-electron chi connectivity index (χ4n) is 5.37. The summed E-state index contributed by atoms with van der Waals surface area (Å²) in [5, 5.41) is -0.751. The summed E-state index contributed by atoms with van der Waals surface area (Å²) in [5.74, 6) is -3.23. The van der Waals surface area contributed by atoms with Gasteiger partial charge in [-0.15, -0.1) is 0 Å². The third kappa shape index (κ3) is 5.65. The van der Waals surface area contributed by atoms with E-state index in [0.29, 0.717) is 12.1 Å². The molecular formula is C29H25F5N6O4S. The Morgan fingerprint density at radius 3 is 2.44 bits per heavy atom. The number of piperazine rings is 1. The Balaban J connectivity index is 1.89. The number of hydrogen-bond donors (Lipinski definition) is 0. The number of carbonyl (C=O) groups is 1. The highest BCUT2D eigenvalue weighted by atomic mass is 32.2. The summed E-state index contributed by atoms with van der Waals surface area (Å²) >= 11 is 0. The van der Waals surface area contributed by atoms with E-state index < -0.39 is 66.9 Å². The molecule has 0 aliphatic carbocycles. The summed E-state index contributed by atoms with van der Waals surface area (Å²) < 4.78 is 99.1. The number of rotatable bonds is 5. The van der Waals surface area contributed by atoms with E-state index in [1.165, 1.54) is 24.1 Å². The van der Waals surface area contributed by atoms with Crippen molar-refractivity contribution < 1.29 is 35.2 Å². The summed E-state index contributed by atoms with van der Waals surface area (Å²) in [6.45, 7) is 7.08. The second-order valence-corrected chi connectivity index (χ2v) is 12.4. The lowest BCUT2D eigenvalue weighted by molar-refractivity contribution is -0.137. The fourth-order valence-corrected chi connectivity index (χ4v) is 6.23. The first-order valence-electron chi connectivity index (χ1n) is 13.4. The Hall–Kier alpha value is -4.73. The van der Waals surface area contributed by atoms with Crippen LogP contribution in [0.2, 0.25) is 0 Å². The summed E-state index contributed by atoms with van der Waals surface area (Å²) in [5.41, 5.74) is -5.48. The van der Waals surface area contributed by atoms with Crippen LogP contribution in [-0.4, -0.2) is 70.7 Å². The molecule has 1 aromatic carbocycles. The van der Waals surface area contributed by atoms with Gasteiger partial charge >= 0.3 is 11.9 Å². The first kappa shape index (κ1) is 31.7. The van der Waals surface area contributed by atoms with Crippen LogP contribution >= 0.6 is 0 Å². The predicted octanol–water partition coefficient (Wildman–Crippen LogP) is 4.07. The molecule has 1 aliphatic heterocycles. The summed E-state index contributed by atoms with van der Waals surface area (Å²) in [6.07, 6.45) is -1.94. The third-order valence-corrected chi connectivity index (χ3v) is 8.41. The molecule has 0 spiro atoms. The Labute approximate surface area is 253 Å². The quantitative estimate of drug-likeness (QED) is 0.235. The summed E-state index contributed by atoms with van der Waals surface area (Å²) in [6, 6.07) is 3.76. The number of halogens is 5. The molecule has 0 radical (unpaired) electrons. The van der Waals surface area contributed by atoms with Crippen LogP contribution in [0, 0.1) is 18.6 Å². The molecule has 4 aromatic rings. The van der Waals surface area contributed by atoms with Crippen LogP contribution in [-0.2, 0) is 20.8 Å². The van der Waals surface area contributed by atoms with E-state index in [-0.39, 0.29) is 48.0 Å². The molecule has 236 valence electrons. The van der Waals surface area contributed by atoms with E-state index in [1.54, 1.807) is 11.8 Å². The van der Waals surface area contributed by atoms with E-state index in [2.05, 4.69) is 21.5 Å². The molecule has 5 rings (SSSR count). The smallest absolute Gasteiger partial charge is 0.350 e. The molecule has 45 heavy (non-hydrogen) atoms. The second-order valence-electron chi connectivity index (χ2n) is 10.5. The Bertz CT molecular complexity index is 2050. The number of nitrogens with zero attached hydrogens (tertiary/aromatic N) is 6. The van der Waals surface area contributed by atoms with Gasteiger partial charge in [0.15, 0.2) is 26.3 Å². The first-order valence-corrected chi connectivity index (χ1v) is 15.3. The fraction of sp³-hybridized carbons (Fsp3) is 0.276. The van der Waals surface area contributed by atoms with E-state index >= 15 is 8.78 Å². The molecule has 4 heterocycles. The molecule has 0 N–H and O–H groups in total. The van der Waals surface area contributed by atoms with E-state index in [9.17, 15) is 31.2 Å². The molecule has 1 fully saturated rings. The van der Waals surface area contributed by atoms with Crippen molar-refractivity contribution in [3.05, 3.63) is 82.4 Å². The van der Waals surface area contributed by atoms with Crippen molar-refractivity contribution in [3.63, 3.8) is 0 Å². The van der Waals surface area contributed by atoms with Crippen molar-refractivity contribution in [1.29, 1.82) is 0 Å². The van der Waals surface area contributed by atoms with Crippen LogP contribution in [0.15, 0.2) is 59.0 Å². The number of benzene rings is 1. The molecule has 3 aromatic heterocycles. The Morgan fingerprint density at radius 1 is 1.11 bits per heavy atom. The minimum atomic E-state index is -5.11. The van der Waals surface area contributed by atoms with Crippen LogP contribution in [0.1, 0.15) is 18.1 Å². The SMILES string of the molecule is C=CC(=O)N1CCN(c2nc(=O)n(-c3c(C)ccnc3S(C)(=O)=O)c3nc(-c4c(F)cccc4C(F)(F)F)c(F)cc23)[C@@H](C)C1. The molecule has 16 heteroatoms. The topological polar surface area (TPSA) is 118 Å². The third-order valence-electron chi connectivity index (χ3n) is 7.41. The standard InChI is InChI=1S/C29H25F5N6O4S/c1-5-21(41)38-11-12-39(16(3)14-38)25-17-13-20(31)23(22-18(29(32,33)34)7-6-8-19(22)30)36-26(17)40(28(42)37-25)24-15(2)9-10-35-27(24)45(4,43)44/h5-10,13,16H,1,11-12,14H2,2-4H3/t16-/m0/s1. The van der Waals surface area contributed by atoms with Gasteiger partial charge in [0, 0.05) is 38.1 Å². The van der Waals surface area contributed by atoms with Crippen molar-refractivity contribution >= 4 is 32.6 Å². The average Bonchev–Trinajstić information content (AvgIpc) is 2.96. The monoisotopic (exact) mass is 648 g/mol. The van der Waals surface area contributed by atoms with Crippen LogP contribution in [0.3, 0.4) is 0 Å². The molecule has 0 bridgehead atoms. The zero-order valence-electron chi connectivity index (χ0n) is 24.1. The number of sulfone groups is 1. The number of anilines is 1. The van der Waals surface area contributed by atoms with E-state index in [4.69, 9.17) is 0 Å². The highest BCUT2D eigenvalue weighted by Gasteiger charge is 2.37. The van der Waals surface area contributed by atoms with Gasteiger partial charge in [-0.05, 0) is 49.8 Å². The van der Waals surface area contributed by atoms with E-state index in [0.717, 1.165) is 29.0 Å². The van der Waals surface area contributed by atoms with Crippen molar-refractivity contribution in [1.82, 2.24) is 24.4 Å². The maximum atomic E-state index is 15.9. The van der Waals surface area contributed by atoms with Gasteiger partial charge in [0.25, 0.3) is 0 Å². The first-order chi connectivity index (χ1) is 21.0. The zero-order chi connectivity index (χ0) is 33.0. The number of fused-ring (bicyclic) bond motifs is 1. The number of amides is 1. The maximum Gasteiger partial charge on any atom is 0.417 e. The van der Waals surface area contributed by atoms with Gasteiger partial charge in [-0.25, -0.2) is 36.5 Å². The summed E-state index contributed by atoms with van der Waals surface area (Å²) in [7, 11) is -4.11.